The molecule has 1 aliphatic carbocycles. The maximum atomic E-state index is 10.6. The fraction of sp³-hybridized carbons (Fsp3) is 0.611. The lowest BCUT2D eigenvalue weighted by Crippen LogP contribution is -2.32. The molecule has 1 N–H and O–H groups in total. The molecule has 1 aromatic carbocycles. The monoisotopic (exact) mass is 286 g/mol. The number of hydrogen-bond donors (Lipinski definition) is 1. The summed E-state index contributed by atoms with van der Waals surface area (Å²) < 4.78 is 2.34. The van der Waals surface area contributed by atoms with E-state index in [1.807, 2.05) is 6.07 Å². The quantitative estimate of drug-likeness (QED) is 0.919. The lowest BCUT2D eigenvalue weighted by Gasteiger charge is -2.35. The summed E-state index contributed by atoms with van der Waals surface area (Å²) in [5.41, 5.74) is 2.24. The molecule has 3 rings (SSSR count). The molecule has 21 heavy (non-hydrogen) atoms. The van der Waals surface area contributed by atoms with Crippen molar-refractivity contribution in [1.29, 1.82) is 0 Å². The predicted molar refractivity (Wildman–Crippen MR) is 86.4 cm³/mol. The molecule has 0 saturated heterocycles. The SMILES string of the molecule is CCCc1nc2ccccc2n1C1CC(CC)CCC1O. The van der Waals surface area contributed by atoms with Crippen LogP contribution < -0.4 is 0 Å². The van der Waals surface area contributed by atoms with Crippen LogP contribution in [0, 0.1) is 5.92 Å². The average Bonchev–Trinajstić information content (AvgIpc) is 2.86. The van der Waals surface area contributed by atoms with Crippen LogP contribution in [0.5, 0.6) is 0 Å². The molecule has 1 aliphatic rings. The Morgan fingerprint density at radius 2 is 2.05 bits per heavy atom. The highest BCUT2D eigenvalue weighted by atomic mass is 16.3. The van der Waals surface area contributed by atoms with E-state index in [1.165, 1.54) is 11.9 Å². The van der Waals surface area contributed by atoms with Crippen molar-refractivity contribution in [3.63, 3.8) is 0 Å². The lowest BCUT2D eigenvalue weighted by molar-refractivity contribution is 0.0538. The summed E-state index contributed by atoms with van der Waals surface area (Å²) >= 11 is 0. The number of aryl methyl sites for hydroxylation is 1. The molecular formula is C18H26N2O. The summed E-state index contributed by atoms with van der Waals surface area (Å²) in [6, 6.07) is 8.53. The van der Waals surface area contributed by atoms with E-state index < -0.39 is 0 Å². The van der Waals surface area contributed by atoms with E-state index in [-0.39, 0.29) is 12.1 Å². The van der Waals surface area contributed by atoms with E-state index in [2.05, 4.69) is 36.6 Å². The minimum Gasteiger partial charge on any atom is -0.391 e. The average molecular weight is 286 g/mol. The van der Waals surface area contributed by atoms with Crippen LogP contribution in [0.3, 0.4) is 0 Å². The fourth-order valence-corrected chi connectivity index (χ4v) is 3.73. The number of fused-ring (bicyclic) bond motifs is 1. The second-order valence-electron chi connectivity index (χ2n) is 6.36. The third-order valence-electron chi connectivity index (χ3n) is 4.94. The van der Waals surface area contributed by atoms with Gasteiger partial charge in [-0.2, -0.15) is 0 Å². The molecule has 1 heterocycles. The Labute approximate surface area is 127 Å². The molecule has 3 unspecified atom stereocenters. The van der Waals surface area contributed by atoms with Gasteiger partial charge in [-0.1, -0.05) is 32.4 Å². The van der Waals surface area contributed by atoms with Crippen LogP contribution in [0.4, 0.5) is 0 Å². The zero-order chi connectivity index (χ0) is 14.8. The maximum absolute atomic E-state index is 10.6. The molecule has 2 aromatic rings. The van der Waals surface area contributed by atoms with Gasteiger partial charge in [0.05, 0.1) is 23.2 Å². The van der Waals surface area contributed by atoms with Gasteiger partial charge in [0.1, 0.15) is 5.82 Å². The number of rotatable bonds is 4. The highest BCUT2D eigenvalue weighted by molar-refractivity contribution is 5.76. The maximum Gasteiger partial charge on any atom is 0.110 e. The molecule has 0 amide bonds. The Hall–Kier alpha value is -1.35. The topological polar surface area (TPSA) is 38.0 Å². The van der Waals surface area contributed by atoms with Gasteiger partial charge < -0.3 is 9.67 Å². The molecule has 114 valence electrons. The number of benzene rings is 1. The van der Waals surface area contributed by atoms with Crippen LogP contribution in [-0.2, 0) is 6.42 Å². The van der Waals surface area contributed by atoms with Crippen LogP contribution in [-0.4, -0.2) is 20.8 Å². The van der Waals surface area contributed by atoms with Crippen LogP contribution in [0.1, 0.15) is 57.8 Å². The molecule has 1 saturated carbocycles. The van der Waals surface area contributed by atoms with Gasteiger partial charge in [-0.15, -0.1) is 0 Å². The second-order valence-corrected chi connectivity index (χ2v) is 6.36. The third kappa shape index (κ3) is 2.71. The number of imidazole rings is 1. The summed E-state index contributed by atoms with van der Waals surface area (Å²) in [7, 11) is 0. The first kappa shape index (κ1) is 14.6. The summed E-state index contributed by atoms with van der Waals surface area (Å²) in [5, 5.41) is 10.6. The van der Waals surface area contributed by atoms with E-state index in [4.69, 9.17) is 4.98 Å². The van der Waals surface area contributed by atoms with Crippen molar-refractivity contribution in [1.82, 2.24) is 9.55 Å². The van der Waals surface area contributed by atoms with Crippen molar-refractivity contribution in [3.05, 3.63) is 30.1 Å². The normalized spacial score (nSPS) is 26.3. The molecule has 1 fully saturated rings. The van der Waals surface area contributed by atoms with Gasteiger partial charge in [0, 0.05) is 6.42 Å². The van der Waals surface area contributed by atoms with Crippen molar-refractivity contribution in [2.45, 2.75) is 64.5 Å². The molecule has 0 radical (unpaired) electrons. The Morgan fingerprint density at radius 3 is 2.81 bits per heavy atom. The van der Waals surface area contributed by atoms with Gasteiger partial charge >= 0.3 is 0 Å². The van der Waals surface area contributed by atoms with Crippen molar-refractivity contribution in [2.75, 3.05) is 0 Å². The molecule has 3 nitrogen and oxygen atoms in total. The standard InChI is InChI=1S/C18H26N2O/c1-3-7-18-19-14-8-5-6-9-15(14)20(18)16-12-13(4-2)10-11-17(16)21/h5-6,8-9,13,16-17,21H,3-4,7,10-12H2,1-2H3. The molecule has 1 aromatic heterocycles. The lowest BCUT2D eigenvalue weighted by atomic mass is 9.82. The Balaban J connectivity index is 2.06. The van der Waals surface area contributed by atoms with Gasteiger partial charge in [-0.25, -0.2) is 4.98 Å². The van der Waals surface area contributed by atoms with Crippen LogP contribution in [0.25, 0.3) is 11.0 Å². The molecule has 0 bridgehead atoms. The van der Waals surface area contributed by atoms with Crippen molar-refractivity contribution >= 4 is 11.0 Å². The summed E-state index contributed by atoms with van der Waals surface area (Å²) in [4.78, 5) is 4.81. The van der Waals surface area contributed by atoms with Gasteiger partial charge in [-0.3, -0.25) is 0 Å². The number of aliphatic hydroxyl groups excluding tert-OH is 1. The first-order valence-electron chi connectivity index (χ1n) is 8.38. The molecule has 0 spiro atoms. The number of para-hydroxylation sites is 2. The van der Waals surface area contributed by atoms with E-state index in [9.17, 15) is 5.11 Å². The first-order chi connectivity index (χ1) is 10.2. The second kappa shape index (κ2) is 6.18. The number of hydrogen-bond acceptors (Lipinski definition) is 2. The zero-order valence-corrected chi connectivity index (χ0v) is 13.1. The number of aliphatic hydroxyl groups is 1. The Kier molecular flexibility index (Phi) is 4.29. The summed E-state index contributed by atoms with van der Waals surface area (Å²) in [6.07, 6.45) is 6.19. The van der Waals surface area contributed by atoms with Crippen molar-refractivity contribution in [3.8, 4) is 0 Å². The van der Waals surface area contributed by atoms with Gasteiger partial charge in [0.2, 0.25) is 0 Å². The highest BCUT2D eigenvalue weighted by Gasteiger charge is 2.31. The smallest absolute Gasteiger partial charge is 0.110 e. The van der Waals surface area contributed by atoms with E-state index in [0.29, 0.717) is 0 Å². The largest absolute Gasteiger partial charge is 0.391 e. The van der Waals surface area contributed by atoms with E-state index in [0.717, 1.165) is 49.4 Å². The summed E-state index contributed by atoms with van der Waals surface area (Å²) in [5.74, 6) is 1.87. The Bertz CT molecular complexity index is 604. The zero-order valence-electron chi connectivity index (χ0n) is 13.1. The molecule has 3 atom stereocenters. The van der Waals surface area contributed by atoms with Crippen LogP contribution >= 0.6 is 0 Å². The number of nitrogens with zero attached hydrogens (tertiary/aromatic N) is 2. The van der Waals surface area contributed by atoms with Crippen molar-refractivity contribution < 1.29 is 5.11 Å². The first-order valence-corrected chi connectivity index (χ1v) is 8.38. The molecular weight excluding hydrogens is 260 g/mol. The van der Waals surface area contributed by atoms with E-state index in [1.54, 1.807) is 0 Å². The summed E-state index contributed by atoms with van der Waals surface area (Å²) in [6.45, 7) is 4.45. The molecule has 3 heteroatoms. The van der Waals surface area contributed by atoms with Gasteiger partial charge in [0.25, 0.3) is 0 Å². The van der Waals surface area contributed by atoms with E-state index >= 15 is 0 Å². The number of aromatic nitrogens is 2. The van der Waals surface area contributed by atoms with Crippen LogP contribution in [0.15, 0.2) is 24.3 Å². The predicted octanol–water partition coefficient (Wildman–Crippen LogP) is 4.10. The fourth-order valence-electron chi connectivity index (χ4n) is 3.73. The molecule has 0 aliphatic heterocycles. The minimum atomic E-state index is -0.235. The van der Waals surface area contributed by atoms with Crippen molar-refractivity contribution in [2.24, 2.45) is 5.92 Å². The minimum absolute atomic E-state index is 0.192. The highest BCUT2D eigenvalue weighted by Crippen LogP contribution is 2.37. The van der Waals surface area contributed by atoms with Crippen LogP contribution in [0.2, 0.25) is 0 Å². The Morgan fingerprint density at radius 1 is 1.24 bits per heavy atom. The van der Waals surface area contributed by atoms with Gasteiger partial charge in [-0.05, 0) is 43.7 Å². The third-order valence-corrected chi connectivity index (χ3v) is 4.94. The van der Waals surface area contributed by atoms with Gasteiger partial charge in [0.15, 0.2) is 0 Å².